The van der Waals surface area contributed by atoms with Gasteiger partial charge >= 0.3 is 0 Å². The molecule has 0 aliphatic carbocycles. The molecule has 2 aliphatic heterocycles. The molecule has 4 heteroatoms. The van der Waals surface area contributed by atoms with Crippen molar-refractivity contribution < 1.29 is 4.79 Å². The Morgan fingerprint density at radius 1 is 1.17 bits per heavy atom. The Hall–Kier alpha value is -1.39. The van der Waals surface area contributed by atoms with E-state index in [4.69, 9.17) is 0 Å². The minimum Gasteiger partial charge on any atom is -0.336 e. The molecule has 4 nitrogen and oxygen atoms in total. The summed E-state index contributed by atoms with van der Waals surface area (Å²) in [6, 6.07) is 8.08. The van der Waals surface area contributed by atoms with Crippen LogP contribution in [0, 0.1) is 5.92 Å². The van der Waals surface area contributed by atoms with Gasteiger partial charge in [-0.25, -0.2) is 0 Å². The minimum absolute atomic E-state index is 0.187. The molecule has 23 heavy (non-hydrogen) atoms. The van der Waals surface area contributed by atoms with Crippen molar-refractivity contribution in [3.8, 4) is 0 Å². The molecule has 1 amide bonds. The van der Waals surface area contributed by atoms with Gasteiger partial charge in [0, 0.05) is 38.3 Å². The molecule has 3 rings (SSSR count). The van der Waals surface area contributed by atoms with E-state index in [1.807, 2.05) is 17.0 Å². The van der Waals surface area contributed by atoms with Gasteiger partial charge in [-0.15, -0.1) is 0 Å². The highest BCUT2D eigenvalue weighted by atomic mass is 16.2. The van der Waals surface area contributed by atoms with Crippen LogP contribution in [0.4, 0.5) is 0 Å². The van der Waals surface area contributed by atoms with Gasteiger partial charge in [-0.3, -0.25) is 9.69 Å². The molecule has 2 heterocycles. The Bertz CT molecular complexity index is 500. The molecule has 2 aliphatic rings. The summed E-state index contributed by atoms with van der Waals surface area (Å²) in [4.78, 5) is 17.1. The van der Waals surface area contributed by atoms with Crippen LogP contribution in [0.3, 0.4) is 0 Å². The van der Waals surface area contributed by atoms with Crippen LogP contribution in [0.1, 0.15) is 35.7 Å². The van der Waals surface area contributed by atoms with E-state index in [-0.39, 0.29) is 5.91 Å². The fraction of sp³-hybridized carbons (Fsp3) is 0.632. The predicted octanol–water partition coefficient (Wildman–Crippen LogP) is 2.01. The molecule has 1 atom stereocenters. The Balaban J connectivity index is 1.48. The summed E-state index contributed by atoms with van der Waals surface area (Å²) in [6.45, 7) is 9.38. The molecule has 0 bridgehead atoms. The van der Waals surface area contributed by atoms with Gasteiger partial charge in [0.15, 0.2) is 0 Å². The van der Waals surface area contributed by atoms with Crippen molar-refractivity contribution >= 4 is 5.91 Å². The highest BCUT2D eigenvalue weighted by molar-refractivity contribution is 5.94. The first-order chi connectivity index (χ1) is 11.3. The number of piperidine rings is 1. The van der Waals surface area contributed by atoms with E-state index in [0.29, 0.717) is 0 Å². The number of carbonyl (C=O) groups excluding carboxylic acids is 1. The summed E-state index contributed by atoms with van der Waals surface area (Å²) in [5.74, 6) is 0.972. The number of nitrogens with zero attached hydrogens (tertiary/aromatic N) is 2. The highest BCUT2D eigenvalue weighted by Gasteiger charge is 2.24. The van der Waals surface area contributed by atoms with Crippen LogP contribution in [-0.4, -0.2) is 61.5 Å². The van der Waals surface area contributed by atoms with E-state index < -0.39 is 0 Å². The van der Waals surface area contributed by atoms with Crippen molar-refractivity contribution in [1.82, 2.24) is 15.1 Å². The van der Waals surface area contributed by atoms with Gasteiger partial charge in [-0.05, 0) is 56.0 Å². The van der Waals surface area contributed by atoms with Gasteiger partial charge in [-0.2, -0.15) is 0 Å². The maximum atomic E-state index is 12.6. The van der Waals surface area contributed by atoms with Crippen LogP contribution < -0.4 is 5.32 Å². The third-order valence-corrected chi connectivity index (χ3v) is 5.18. The number of hydrogen-bond donors (Lipinski definition) is 1. The molecule has 2 saturated heterocycles. The smallest absolute Gasteiger partial charge is 0.253 e. The van der Waals surface area contributed by atoms with Crippen LogP contribution >= 0.6 is 0 Å². The molecular formula is C19H29N3O. The lowest BCUT2D eigenvalue weighted by atomic mass is 9.99. The van der Waals surface area contributed by atoms with Crippen molar-refractivity contribution in [2.24, 2.45) is 5.92 Å². The first-order valence-corrected chi connectivity index (χ1v) is 9.07. The van der Waals surface area contributed by atoms with Crippen LogP contribution in [0.15, 0.2) is 24.3 Å². The Kier molecular flexibility index (Phi) is 5.68. The largest absolute Gasteiger partial charge is 0.336 e. The second-order valence-corrected chi connectivity index (χ2v) is 6.86. The molecular weight excluding hydrogens is 286 g/mol. The van der Waals surface area contributed by atoms with Crippen molar-refractivity contribution in [2.45, 2.75) is 26.2 Å². The highest BCUT2D eigenvalue weighted by Crippen LogP contribution is 2.15. The number of benzene rings is 1. The summed E-state index contributed by atoms with van der Waals surface area (Å²) in [6.07, 6.45) is 3.66. The van der Waals surface area contributed by atoms with Crippen LogP contribution in [0.5, 0.6) is 0 Å². The number of rotatable bonds is 4. The van der Waals surface area contributed by atoms with Gasteiger partial charge in [-0.1, -0.05) is 19.1 Å². The van der Waals surface area contributed by atoms with Crippen molar-refractivity contribution in [3.63, 3.8) is 0 Å². The van der Waals surface area contributed by atoms with Crippen molar-refractivity contribution in [3.05, 3.63) is 35.4 Å². The normalized spacial score (nSPS) is 23.0. The van der Waals surface area contributed by atoms with Gasteiger partial charge in [0.05, 0.1) is 0 Å². The maximum Gasteiger partial charge on any atom is 0.253 e. The monoisotopic (exact) mass is 315 g/mol. The van der Waals surface area contributed by atoms with Crippen molar-refractivity contribution in [2.75, 3.05) is 45.8 Å². The number of piperazine rings is 1. The van der Waals surface area contributed by atoms with E-state index >= 15 is 0 Å². The topological polar surface area (TPSA) is 35.6 Å². The first-order valence-electron chi connectivity index (χ1n) is 9.07. The third-order valence-electron chi connectivity index (χ3n) is 5.18. The van der Waals surface area contributed by atoms with Crippen molar-refractivity contribution in [1.29, 1.82) is 0 Å². The molecule has 0 radical (unpaired) electrons. The zero-order chi connectivity index (χ0) is 16.1. The average Bonchev–Trinajstić information content (AvgIpc) is 2.63. The minimum atomic E-state index is 0.187. The standard InChI is InChI=1S/C19H29N3O/c1-2-16-5-7-18(8-6-16)19(23)22-12-10-21(11-13-22)15-17-4-3-9-20-14-17/h5-8,17,20H,2-4,9-15H2,1H3. The Morgan fingerprint density at radius 2 is 1.91 bits per heavy atom. The van der Waals surface area contributed by atoms with E-state index in [1.54, 1.807) is 0 Å². The molecule has 0 saturated carbocycles. The lowest BCUT2D eigenvalue weighted by Gasteiger charge is -2.37. The predicted molar refractivity (Wildman–Crippen MR) is 93.8 cm³/mol. The van der Waals surface area contributed by atoms with Gasteiger partial charge in [0.25, 0.3) is 5.91 Å². The molecule has 1 aromatic carbocycles. The molecule has 0 spiro atoms. The fourth-order valence-electron chi connectivity index (χ4n) is 3.64. The zero-order valence-corrected chi connectivity index (χ0v) is 14.3. The van der Waals surface area contributed by atoms with Crippen LogP contribution in [-0.2, 0) is 6.42 Å². The lowest BCUT2D eigenvalue weighted by molar-refractivity contribution is 0.0610. The molecule has 1 unspecified atom stereocenters. The summed E-state index contributed by atoms with van der Waals surface area (Å²) in [5, 5.41) is 3.49. The summed E-state index contributed by atoms with van der Waals surface area (Å²) in [7, 11) is 0. The van der Waals surface area contributed by atoms with Gasteiger partial charge in [0.2, 0.25) is 0 Å². The molecule has 1 N–H and O–H groups in total. The zero-order valence-electron chi connectivity index (χ0n) is 14.3. The summed E-state index contributed by atoms with van der Waals surface area (Å²) in [5.41, 5.74) is 2.11. The van der Waals surface area contributed by atoms with E-state index in [2.05, 4.69) is 29.3 Å². The van der Waals surface area contributed by atoms with E-state index in [0.717, 1.165) is 50.6 Å². The third kappa shape index (κ3) is 4.33. The lowest BCUT2D eigenvalue weighted by Crippen LogP contribution is -2.50. The maximum absolute atomic E-state index is 12.6. The fourth-order valence-corrected chi connectivity index (χ4v) is 3.64. The van der Waals surface area contributed by atoms with Gasteiger partial charge < -0.3 is 10.2 Å². The molecule has 126 valence electrons. The second kappa shape index (κ2) is 7.93. The van der Waals surface area contributed by atoms with Crippen LogP contribution in [0.2, 0.25) is 0 Å². The number of aryl methyl sites for hydroxylation is 1. The summed E-state index contributed by atoms with van der Waals surface area (Å²) >= 11 is 0. The summed E-state index contributed by atoms with van der Waals surface area (Å²) < 4.78 is 0. The molecule has 1 aromatic rings. The second-order valence-electron chi connectivity index (χ2n) is 6.86. The Morgan fingerprint density at radius 3 is 2.52 bits per heavy atom. The van der Waals surface area contributed by atoms with Gasteiger partial charge in [0.1, 0.15) is 0 Å². The quantitative estimate of drug-likeness (QED) is 0.923. The van der Waals surface area contributed by atoms with E-state index in [9.17, 15) is 4.79 Å². The number of carbonyl (C=O) groups is 1. The number of nitrogens with one attached hydrogen (secondary N) is 1. The molecule has 0 aromatic heterocycles. The Labute approximate surface area is 139 Å². The number of hydrogen-bond acceptors (Lipinski definition) is 3. The van der Waals surface area contributed by atoms with E-state index in [1.165, 1.54) is 31.5 Å². The number of amides is 1. The average molecular weight is 315 g/mol. The molecule has 2 fully saturated rings. The SMILES string of the molecule is CCc1ccc(C(=O)N2CCN(CC3CCCNC3)CC2)cc1. The van der Waals surface area contributed by atoms with Crippen LogP contribution in [0.25, 0.3) is 0 Å². The first kappa shape index (κ1) is 16.5.